The largest absolute Gasteiger partial charge is 0.355 e. The fraction of sp³-hybridized carbons (Fsp3) is 0.0526. The summed E-state index contributed by atoms with van der Waals surface area (Å²) in [6, 6.07) is 14.1. The van der Waals surface area contributed by atoms with E-state index >= 15 is 0 Å². The summed E-state index contributed by atoms with van der Waals surface area (Å²) >= 11 is 0. The predicted octanol–water partition coefficient (Wildman–Crippen LogP) is 1.98. The summed E-state index contributed by atoms with van der Waals surface area (Å²) in [5, 5.41) is 9.14. The SMILES string of the molecule is CNC(=O)c1ccccc1NC(=O)c1ccc(=O)n(-c2ccc(F)cc2)n1. The molecule has 2 amide bonds. The molecule has 2 aromatic carbocycles. The molecule has 1 aromatic heterocycles. The van der Waals surface area contributed by atoms with Crippen LogP contribution < -0.4 is 16.2 Å². The van der Waals surface area contributed by atoms with Gasteiger partial charge < -0.3 is 10.6 Å². The maximum absolute atomic E-state index is 13.1. The van der Waals surface area contributed by atoms with E-state index in [1.807, 2.05) is 0 Å². The fourth-order valence-electron chi connectivity index (χ4n) is 2.41. The molecule has 0 saturated heterocycles. The van der Waals surface area contributed by atoms with E-state index in [1.165, 1.54) is 43.4 Å². The molecule has 0 radical (unpaired) electrons. The minimum atomic E-state index is -0.595. The Labute approximate surface area is 153 Å². The van der Waals surface area contributed by atoms with Gasteiger partial charge in [0, 0.05) is 13.1 Å². The molecule has 8 heteroatoms. The maximum atomic E-state index is 13.1. The highest BCUT2D eigenvalue weighted by Gasteiger charge is 2.15. The molecule has 3 rings (SSSR count). The highest BCUT2D eigenvalue weighted by molar-refractivity contribution is 6.08. The van der Waals surface area contributed by atoms with Crippen molar-refractivity contribution in [2.75, 3.05) is 12.4 Å². The zero-order valence-corrected chi connectivity index (χ0v) is 14.3. The lowest BCUT2D eigenvalue weighted by molar-refractivity contribution is 0.0964. The zero-order valence-electron chi connectivity index (χ0n) is 14.3. The van der Waals surface area contributed by atoms with Gasteiger partial charge in [-0.2, -0.15) is 9.78 Å². The van der Waals surface area contributed by atoms with Crippen molar-refractivity contribution in [2.24, 2.45) is 0 Å². The third-order valence-corrected chi connectivity index (χ3v) is 3.75. The fourth-order valence-corrected chi connectivity index (χ4v) is 2.41. The van der Waals surface area contributed by atoms with Crippen molar-refractivity contribution in [1.82, 2.24) is 15.1 Å². The van der Waals surface area contributed by atoms with Crippen LogP contribution in [0, 0.1) is 5.82 Å². The molecular formula is C19H15FN4O3. The molecule has 0 aliphatic carbocycles. The van der Waals surface area contributed by atoms with Crippen LogP contribution in [0.25, 0.3) is 5.69 Å². The van der Waals surface area contributed by atoms with Crippen LogP contribution in [0.2, 0.25) is 0 Å². The topological polar surface area (TPSA) is 93.1 Å². The van der Waals surface area contributed by atoms with E-state index in [9.17, 15) is 18.8 Å². The van der Waals surface area contributed by atoms with E-state index in [4.69, 9.17) is 0 Å². The summed E-state index contributed by atoms with van der Waals surface area (Å²) in [6.45, 7) is 0. The average Bonchev–Trinajstić information content (AvgIpc) is 2.69. The minimum Gasteiger partial charge on any atom is -0.355 e. The Bertz CT molecular complexity index is 1060. The number of para-hydroxylation sites is 1. The number of hydrogen-bond acceptors (Lipinski definition) is 4. The first kappa shape index (κ1) is 18.0. The zero-order chi connectivity index (χ0) is 19.4. The number of carbonyl (C=O) groups is 2. The van der Waals surface area contributed by atoms with E-state index in [0.29, 0.717) is 16.9 Å². The summed E-state index contributed by atoms with van der Waals surface area (Å²) in [5.41, 5.74) is 0.416. The molecule has 1 heterocycles. The van der Waals surface area contributed by atoms with Crippen LogP contribution in [0.3, 0.4) is 0 Å². The third kappa shape index (κ3) is 3.90. The lowest BCUT2D eigenvalue weighted by Gasteiger charge is -2.11. The molecule has 2 N–H and O–H groups in total. The summed E-state index contributed by atoms with van der Waals surface area (Å²) in [7, 11) is 1.49. The normalized spacial score (nSPS) is 10.3. The summed E-state index contributed by atoms with van der Waals surface area (Å²) in [6.07, 6.45) is 0. The van der Waals surface area contributed by atoms with Gasteiger partial charge >= 0.3 is 0 Å². The minimum absolute atomic E-state index is 0.0364. The van der Waals surface area contributed by atoms with E-state index in [2.05, 4.69) is 15.7 Å². The predicted molar refractivity (Wildman–Crippen MR) is 97.6 cm³/mol. The Morgan fingerprint density at radius 3 is 2.37 bits per heavy atom. The molecule has 0 aliphatic heterocycles. The second-order valence-corrected chi connectivity index (χ2v) is 5.52. The Morgan fingerprint density at radius 1 is 0.963 bits per heavy atom. The monoisotopic (exact) mass is 366 g/mol. The van der Waals surface area contributed by atoms with Crippen LogP contribution >= 0.6 is 0 Å². The molecule has 0 aliphatic rings. The smallest absolute Gasteiger partial charge is 0.276 e. The van der Waals surface area contributed by atoms with Crippen LogP contribution in [0.4, 0.5) is 10.1 Å². The number of aromatic nitrogens is 2. The van der Waals surface area contributed by atoms with Gasteiger partial charge in [0.1, 0.15) is 11.5 Å². The Balaban J connectivity index is 1.93. The standard InChI is InChI=1S/C19H15FN4O3/c1-21-18(26)14-4-2-3-5-15(14)22-19(27)16-10-11-17(25)24(23-16)13-8-6-12(20)7-9-13/h2-11H,1H3,(H,21,26)(H,22,27). The number of benzene rings is 2. The van der Waals surface area contributed by atoms with Crippen molar-refractivity contribution in [3.05, 3.63) is 88.1 Å². The molecule has 0 fully saturated rings. The number of rotatable bonds is 4. The van der Waals surface area contributed by atoms with Crippen LogP contribution in [-0.4, -0.2) is 28.6 Å². The number of hydrogen-bond donors (Lipinski definition) is 2. The quantitative estimate of drug-likeness (QED) is 0.738. The van der Waals surface area contributed by atoms with Crippen molar-refractivity contribution in [3.8, 4) is 5.69 Å². The van der Waals surface area contributed by atoms with Crippen LogP contribution in [0.15, 0.2) is 65.5 Å². The van der Waals surface area contributed by atoms with E-state index in [1.54, 1.807) is 24.3 Å². The van der Waals surface area contributed by atoms with Gasteiger partial charge in [0.2, 0.25) is 0 Å². The number of halogens is 1. The Kier molecular flexibility index (Phi) is 5.07. The molecule has 0 bridgehead atoms. The summed E-state index contributed by atoms with van der Waals surface area (Å²) in [5.74, 6) is -1.40. The number of nitrogens with zero attached hydrogens (tertiary/aromatic N) is 2. The molecule has 0 spiro atoms. The summed E-state index contributed by atoms with van der Waals surface area (Å²) < 4.78 is 14.1. The Morgan fingerprint density at radius 2 is 1.67 bits per heavy atom. The van der Waals surface area contributed by atoms with Gasteiger partial charge in [-0.25, -0.2) is 4.39 Å². The molecule has 27 heavy (non-hydrogen) atoms. The molecule has 0 atom stereocenters. The van der Waals surface area contributed by atoms with E-state index < -0.39 is 17.3 Å². The van der Waals surface area contributed by atoms with Gasteiger partial charge in [-0.3, -0.25) is 14.4 Å². The van der Waals surface area contributed by atoms with E-state index in [-0.39, 0.29) is 11.6 Å². The molecule has 136 valence electrons. The maximum Gasteiger partial charge on any atom is 0.276 e. The highest BCUT2D eigenvalue weighted by Crippen LogP contribution is 2.16. The lowest BCUT2D eigenvalue weighted by atomic mass is 10.1. The van der Waals surface area contributed by atoms with Gasteiger partial charge in [-0.1, -0.05) is 12.1 Å². The number of carbonyl (C=O) groups excluding carboxylic acids is 2. The third-order valence-electron chi connectivity index (χ3n) is 3.75. The van der Waals surface area contributed by atoms with Gasteiger partial charge in [-0.05, 0) is 42.5 Å². The van der Waals surface area contributed by atoms with Gasteiger partial charge in [0.15, 0.2) is 0 Å². The first-order valence-corrected chi connectivity index (χ1v) is 7.98. The first-order chi connectivity index (χ1) is 13.0. The van der Waals surface area contributed by atoms with Crippen molar-refractivity contribution in [2.45, 2.75) is 0 Å². The second-order valence-electron chi connectivity index (χ2n) is 5.52. The first-order valence-electron chi connectivity index (χ1n) is 7.98. The Hall–Kier alpha value is -3.81. The van der Waals surface area contributed by atoms with Gasteiger partial charge in [-0.15, -0.1) is 0 Å². The van der Waals surface area contributed by atoms with Gasteiger partial charge in [0.25, 0.3) is 17.4 Å². The van der Waals surface area contributed by atoms with Gasteiger partial charge in [0.05, 0.1) is 16.9 Å². The van der Waals surface area contributed by atoms with E-state index in [0.717, 1.165) is 4.68 Å². The molecule has 3 aromatic rings. The summed E-state index contributed by atoms with van der Waals surface area (Å²) in [4.78, 5) is 36.5. The number of nitrogens with one attached hydrogen (secondary N) is 2. The van der Waals surface area contributed by atoms with Crippen molar-refractivity contribution in [1.29, 1.82) is 0 Å². The molecular weight excluding hydrogens is 351 g/mol. The van der Waals surface area contributed by atoms with Crippen LogP contribution in [-0.2, 0) is 0 Å². The lowest BCUT2D eigenvalue weighted by Crippen LogP contribution is -2.26. The average molecular weight is 366 g/mol. The highest BCUT2D eigenvalue weighted by atomic mass is 19.1. The van der Waals surface area contributed by atoms with Crippen molar-refractivity contribution < 1.29 is 14.0 Å². The number of amides is 2. The number of anilines is 1. The molecule has 0 unspecified atom stereocenters. The van der Waals surface area contributed by atoms with Crippen molar-refractivity contribution >= 4 is 17.5 Å². The van der Waals surface area contributed by atoms with Crippen molar-refractivity contribution in [3.63, 3.8) is 0 Å². The second kappa shape index (κ2) is 7.61. The molecule has 7 nitrogen and oxygen atoms in total. The molecule has 0 saturated carbocycles. The van der Waals surface area contributed by atoms with Crippen LogP contribution in [0.1, 0.15) is 20.8 Å². The van der Waals surface area contributed by atoms with Crippen LogP contribution in [0.5, 0.6) is 0 Å².